The standard InChI is InChI=1S/C24H26ClFN6O4/c25-16-7-8-19(26)18(11-16)15-5-3-14(4-6-15)10-17(29-23(34)21-13-28-32-31-21)12-20(24(35)36)30-22(33)2-1-9-27/h3-8,11,13,17,20H,1-2,9-10,12,27H2,(H,29,34)(H,30,33)(H,35,36)(H,28,31,32)/t17-,20-/m1/s1. The summed E-state index contributed by atoms with van der Waals surface area (Å²) in [7, 11) is 0. The minimum absolute atomic E-state index is 0.0330. The molecule has 2 atom stereocenters. The van der Waals surface area contributed by atoms with Gasteiger partial charge in [0.05, 0.1) is 6.20 Å². The number of benzene rings is 2. The maximum atomic E-state index is 14.2. The van der Waals surface area contributed by atoms with Crippen molar-refractivity contribution in [2.75, 3.05) is 6.54 Å². The smallest absolute Gasteiger partial charge is 0.326 e. The van der Waals surface area contributed by atoms with Gasteiger partial charge in [-0.2, -0.15) is 15.4 Å². The number of carbonyl (C=O) groups excluding carboxylic acids is 2. The van der Waals surface area contributed by atoms with E-state index in [1.807, 2.05) is 0 Å². The summed E-state index contributed by atoms with van der Waals surface area (Å²) in [6.07, 6.45) is 1.91. The SMILES string of the molecule is NCCCC(=O)N[C@H](C[C@@H](Cc1ccc(-c2cc(Cl)ccc2F)cc1)NC(=O)c1cn[nH]n1)C(=O)O. The number of H-pyrrole nitrogens is 1. The van der Waals surface area contributed by atoms with Crippen molar-refractivity contribution in [3.05, 3.63) is 70.8 Å². The average Bonchev–Trinajstić information content (AvgIpc) is 3.39. The summed E-state index contributed by atoms with van der Waals surface area (Å²) in [4.78, 5) is 36.5. The number of rotatable bonds is 12. The van der Waals surface area contributed by atoms with Crippen molar-refractivity contribution >= 4 is 29.4 Å². The van der Waals surface area contributed by atoms with Crippen LogP contribution in [0.4, 0.5) is 4.39 Å². The fourth-order valence-electron chi connectivity index (χ4n) is 3.62. The van der Waals surface area contributed by atoms with Crippen LogP contribution in [0, 0.1) is 5.82 Å². The predicted molar refractivity (Wildman–Crippen MR) is 131 cm³/mol. The molecule has 190 valence electrons. The second-order valence-electron chi connectivity index (χ2n) is 8.14. The summed E-state index contributed by atoms with van der Waals surface area (Å²) in [6.45, 7) is 0.302. The van der Waals surface area contributed by atoms with E-state index in [0.29, 0.717) is 29.1 Å². The molecule has 6 N–H and O–H groups in total. The molecule has 36 heavy (non-hydrogen) atoms. The van der Waals surface area contributed by atoms with Crippen molar-refractivity contribution in [1.82, 2.24) is 26.0 Å². The minimum Gasteiger partial charge on any atom is -0.480 e. The fraction of sp³-hybridized carbons (Fsp3) is 0.292. The van der Waals surface area contributed by atoms with E-state index < -0.39 is 35.7 Å². The van der Waals surface area contributed by atoms with Crippen molar-refractivity contribution in [2.45, 2.75) is 37.8 Å². The minimum atomic E-state index is -1.24. The molecule has 12 heteroatoms. The summed E-state index contributed by atoms with van der Waals surface area (Å²) >= 11 is 5.99. The molecule has 0 aliphatic carbocycles. The highest BCUT2D eigenvalue weighted by Crippen LogP contribution is 2.26. The van der Waals surface area contributed by atoms with Crippen LogP contribution in [0.2, 0.25) is 5.02 Å². The Morgan fingerprint density at radius 2 is 1.89 bits per heavy atom. The van der Waals surface area contributed by atoms with Gasteiger partial charge in [0.2, 0.25) is 5.91 Å². The van der Waals surface area contributed by atoms with Crippen LogP contribution in [-0.2, 0) is 16.0 Å². The molecule has 0 spiro atoms. The van der Waals surface area contributed by atoms with E-state index in [-0.39, 0.29) is 25.0 Å². The average molecular weight is 517 g/mol. The summed E-state index contributed by atoms with van der Waals surface area (Å²) in [5.41, 5.74) is 7.15. The third-order valence-electron chi connectivity index (χ3n) is 5.42. The number of carboxylic acid groups (broad SMARTS) is 1. The van der Waals surface area contributed by atoms with Gasteiger partial charge >= 0.3 is 5.97 Å². The molecule has 1 heterocycles. The second-order valence-corrected chi connectivity index (χ2v) is 8.57. The van der Waals surface area contributed by atoms with Crippen molar-refractivity contribution in [2.24, 2.45) is 5.73 Å². The Hall–Kier alpha value is -3.83. The van der Waals surface area contributed by atoms with Gasteiger partial charge in [0.1, 0.15) is 11.9 Å². The Labute approximate surface area is 211 Å². The number of carboxylic acids is 1. The quantitative estimate of drug-likeness (QED) is 0.246. The summed E-state index contributed by atoms with van der Waals surface area (Å²) in [5, 5.41) is 25.0. The Morgan fingerprint density at radius 3 is 2.53 bits per heavy atom. The first-order valence-corrected chi connectivity index (χ1v) is 11.6. The number of aliphatic carboxylic acids is 1. The van der Waals surface area contributed by atoms with Gasteiger partial charge in [0.15, 0.2) is 5.69 Å². The summed E-state index contributed by atoms with van der Waals surface area (Å²) < 4.78 is 14.2. The first-order valence-electron chi connectivity index (χ1n) is 11.2. The van der Waals surface area contributed by atoms with Gasteiger partial charge in [-0.15, -0.1) is 0 Å². The third-order valence-corrected chi connectivity index (χ3v) is 5.65. The lowest BCUT2D eigenvalue weighted by Gasteiger charge is -2.23. The number of nitrogens with zero attached hydrogens (tertiary/aromatic N) is 2. The van der Waals surface area contributed by atoms with E-state index in [1.165, 1.54) is 24.4 Å². The molecule has 0 saturated heterocycles. The van der Waals surface area contributed by atoms with Gasteiger partial charge < -0.3 is 21.5 Å². The molecule has 0 fully saturated rings. The van der Waals surface area contributed by atoms with Crippen LogP contribution in [-0.4, -0.2) is 56.9 Å². The number of aromatic amines is 1. The fourth-order valence-corrected chi connectivity index (χ4v) is 3.79. The molecule has 2 aromatic carbocycles. The van der Waals surface area contributed by atoms with Crippen LogP contribution in [0.25, 0.3) is 11.1 Å². The highest BCUT2D eigenvalue weighted by atomic mass is 35.5. The number of hydrogen-bond donors (Lipinski definition) is 5. The largest absolute Gasteiger partial charge is 0.480 e. The molecule has 3 aromatic rings. The Bertz CT molecular complexity index is 1190. The molecule has 3 rings (SSSR count). The molecular weight excluding hydrogens is 491 g/mol. The lowest BCUT2D eigenvalue weighted by molar-refractivity contribution is -0.142. The van der Waals surface area contributed by atoms with E-state index in [9.17, 15) is 23.9 Å². The maximum absolute atomic E-state index is 14.2. The molecule has 0 aliphatic rings. The number of halogens is 2. The molecule has 2 amide bonds. The van der Waals surface area contributed by atoms with Crippen molar-refractivity contribution in [3.63, 3.8) is 0 Å². The lowest BCUT2D eigenvalue weighted by atomic mass is 9.96. The Balaban J connectivity index is 1.78. The van der Waals surface area contributed by atoms with Crippen molar-refractivity contribution in [3.8, 4) is 11.1 Å². The number of nitrogens with two attached hydrogens (primary N) is 1. The van der Waals surface area contributed by atoms with Crippen molar-refractivity contribution in [1.29, 1.82) is 0 Å². The second kappa shape index (κ2) is 12.8. The van der Waals surface area contributed by atoms with E-state index in [2.05, 4.69) is 26.0 Å². The van der Waals surface area contributed by atoms with Crippen LogP contribution in [0.3, 0.4) is 0 Å². The van der Waals surface area contributed by atoms with E-state index in [4.69, 9.17) is 17.3 Å². The predicted octanol–water partition coefficient (Wildman–Crippen LogP) is 2.30. The summed E-state index contributed by atoms with van der Waals surface area (Å²) in [5.74, 6) is -2.64. The number of amides is 2. The Morgan fingerprint density at radius 1 is 1.14 bits per heavy atom. The zero-order valence-electron chi connectivity index (χ0n) is 19.2. The van der Waals surface area contributed by atoms with Gasteiger partial charge in [-0.1, -0.05) is 35.9 Å². The van der Waals surface area contributed by atoms with Gasteiger partial charge in [-0.05, 0) is 55.1 Å². The van der Waals surface area contributed by atoms with Crippen LogP contribution < -0.4 is 16.4 Å². The summed E-state index contributed by atoms with van der Waals surface area (Å²) in [6, 6.07) is 9.28. The number of hydrogen-bond acceptors (Lipinski definition) is 6. The highest BCUT2D eigenvalue weighted by Gasteiger charge is 2.26. The van der Waals surface area contributed by atoms with Crippen LogP contribution in [0.15, 0.2) is 48.7 Å². The highest BCUT2D eigenvalue weighted by molar-refractivity contribution is 6.30. The van der Waals surface area contributed by atoms with Crippen LogP contribution in [0.5, 0.6) is 0 Å². The molecule has 0 bridgehead atoms. The van der Waals surface area contributed by atoms with Crippen LogP contribution in [0.1, 0.15) is 35.3 Å². The van der Waals surface area contributed by atoms with E-state index in [0.717, 1.165) is 5.56 Å². The van der Waals surface area contributed by atoms with Crippen LogP contribution >= 0.6 is 11.6 Å². The molecule has 0 aliphatic heterocycles. The van der Waals surface area contributed by atoms with Gasteiger partial charge in [-0.3, -0.25) is 9.59 Å². The zero-order valence-corrected chi connectivity index (χ0v) is 20.0. The van der Waals surface area contributed by atoms with E-state index in [1.54, 1.807) is 24.3 Å². The number of carbonyl (C=O) groups is 3. The molecule has 0 radical (unpaired) electrons. The van der Waals surface area contributed by atoms with Gasteiger partial charge in [0, 0.05) is 23.0 Å². The van der Waals surface area contributed by atoms with Crippen molar-refractivity contribution < 1.29 is 23.9 Å². The molecule has 10 nitrogen and oxygen atoms in total. The molecule has 1 aromatic heterocycles. The topological polar surface area (TPSA) is 163 Å². The molecule has 0 unspecified atom stereocenters. The van der Waals surface area contributed by atoms with Gasteiger partial charge in [0.25, 0.3) is 5.91 Å². The third kappa shape index (κ3) is 7.59. The van der Waals surface area contributed by atoms with E-state index >= 15 is 0 Å². The Kier molecular flexibility index (Phi) is 9.48. The van der Waals surface area contributed by atoms with Gasteiger partial charge in [-0.25, -0.2) is 9.18 Å². The first-order chi connectivity index (χ1) is 17.3. The zero-order chi connectivity index (χ0) is 26.1. The normalized spacial score (nSPS) is 12.5. The maximum Gasteiger partial charge on any atom is 0.326 e. The number of aromatic nitrogens is 3. The molecule has 0 saturated carbocycles. The number of nitrogens with one attached hydrogen (secondary N) is 3. The molecular formula is C24H26ClFN6O4. The first kappa shape index (κ1) is 26.8. The monoisotopic (exact) mass is 516 g/mol. The lowest BCUT2D eigenvalue weighted by Crippen LogP contribution is -2.47.